The number of methoxy groups -OCH3 is 1. The van der Waals surface area contributed by atoms with E-state index in [1.54, 1.807) is 22.0 Å². The zero-order chi connectivity index (χ0) is 14.0. The number of rotatable bonds is 3. The van der Waals surface area contributed by atoms with Crippen molar-refractivity contribution in [3.63, 3.8) is 0 Å². The topological polar surface area (TPSA) is 64.4 Å². The molecule has 1 amide bonds. The Hall–Kier alpha value is -1.85. The van der Waals surface area contributed by atoms with E-state index in [0.29, 0.717) is 25.1 Å². The summed E-state index contributed by atoms with van der Waals surface area (Å²) < 4.78 is 6.51. The molecule has 0 aromatic carbocycles. The number of aromatic nitrogens is 2. The molecule has 104 valence electrons. The molecular weight excluding hydrogens is 246 g/mol. The monoisotopic (exact) mass is 265 g/mol. The Labute approximate surface area is 112 Å². The van der Waals surface area contributed by atoms with Crippen molar-refractivity contribution < 1.29 is 14.3 Å². The van der Waals surface area contributed by atoms with Crippen LogP contribution in [0.3, 0.4) is 0 Å². The Balaban J connectivity index is 2.08. The quantitative estimate of drug-likeness (QED) is 0.763. The van der Waals surface area contributed by atoms with Gasteiger partial charge in [-0.3, -0.25) is 14.3 Å². The van der Waals surface area contributed by atoms with Crippen LogP contribution in [-0.2, 0) is 16.1 Å². The first-order valence-corrected chi connectivity index (χ1v) is 6.40. The van der Waals surface area contributed by atoms with Gasteiger partial charge in [0, 0.05) is 25.8 Å². The lowest BCUT2D eigenvalue weighted by molar-refractivity contribution is -0.150. The average Bonchev–Trinajstić information content (AvgIpc) is 3.04. The van der Waals surface area contributed by atoms with Crippen molar-refractivity contribution in [3.8, 4) is 0 Å². The summed E-state index contributed by atoms with van der Waals surface area (Å²) in [6.45, 7) is 5.50. The highest BCUT2D eigenvalue weighted by molar-refractivity contribution is 5.94. The molecule has 0 bridgehead atoms. The second kappa shape index (κ2) is 5.03. The number of amides is 1. The molecule has 0 radical (unpaired) electrons. The van der Waals surface area contributed by atoms with Gasteiger partial charge in [-0.25, -0.2) is 0 Å². The first kappa shape index (κ1) is 13.6. The smallest absolute Gasteiger partial charge is 0.313 e. The van der Waals surface area contributed by atoms with Gasteiger partial charge in [-0.05, 0) is 20.3 Å². The molecule has 1 aromatic rings. The average molecular weight is 265 g/mol. The van der Waals surface area contributed by atoms with Crippen LogP contribution in [0, 0.1) is 5.41 Å². The predicted molar refractivity (Wildman–Crippen MR) is 68.5 cm³/mol. The number of hydrogen-bond acceptors (Lipinski definition) is 4. The van der Waals surface area contributed by atoms with Crippen LogP contribution in [0.15, 0.2) is 12.4 Å². The first-order chi connectivity index (χ1) is 9.00. The minimum atomic E-state index is -0.592. The molecular formula is C13H19N3O3. The molecule has 0 aliphatic carbocycles. The number of ether oxygens (including phenoxy) is 1. The van der Waals surface area contributed by atoms with Gasteiger partial charge in [0.2, 0.25) is 0 Å². The number of esters is 1. The molecule has 6 heteroatoms. The lowest BCUT2D eigenvalue weighted by Gasteiger charge is -2.21. The molecule has 2 heterocycles. The molecule has 1 fully saturated rings. The molecule has 1 unspecified atom stereocenters. The maximum atomic E-state index is 12.3. The summed E-state index contributed by atoms with van der Waals surface area (Å²) in [4.78, 5) is 25.7. The third-order valence-corrected chi connectivity index (χ3v) is 3.64. The van der Waals surface area contributed by atoms with Crippen LogP contribution in [0.4, 0.5) is 0 Å². The molecule has 0 saturated carbocycles. The predicted octanol–water partition coefficient (Wildman–Crippen LogP) is 0.928. The van der Waals surface area contributed by atoms with Crippen molar-refractivity contribution >= 4 is 11.9 Å². The van der Waals surface area contributed by atoms with Crippen molar-refractivity contribution in [2.75, 3.05) is 20.2 Å². The largest absolute Gasteiger partial charge is 0.469 e. The summed E-state index contributed by atoms with van der Waals surface area (Å²) in [6.07, 6.45) is 3.93. The molecule has 0 N–H and O–H groups in total. The molecule has 1 aromatic heterocycles. The van der Waals surface area contributed by atoms with Crippen LogP contribution in [0.5, 0.6) is 0 Å². The van der Waals surface area contributed by atoms with Gasteiger partial charge in [0.05, 0.1) is 24.3 Å². The van der Waals surface area contributed by atoms with Crippen molar-refractivity contribution in [1.29, 1.82) is 0 Å². The maximum Gasteiger partial charge on any atom is 0.313 e. The third kappa shape index (κ3) is 2.47. The van der Waals surface area contributed by atoms with Crippen LogP contribution in [0.25, 0.3) is 0 Å². The number of aryl methyl sites for hydroxylation is 1. The van der Waals surface area contributed by atoms with Gasteiger partial charge in [-0.15, -0.1) is 0 Å². The van der Waals surface area contributed by atoms with E-state index in [1.165, 1.54) is 7.11 Å². The van der Waals surface area contributed by atoms with E-state index >= 15 is 0 Å². The summed E-state index contributed by atoms with van der Waals surface area (Å²) in [6, 6.07) is 0. The Kier molecular flexibility index (Phi) is 3.59. The molecule has 1 aliphatic rings. The first-order valence-electron chi connectivity index (χ1n) is 6.40. The highest BCUT2D eigenvalue weighted by Gasteiger charge is 2.43. The summed E-state index contributed by atoms with van der Waals surface area (Å²) in [5.41, 5.74) is -0.0264. The van der Waals surface area contributed by atoms with Gasteiger partial charge in [0.1, 0.15) is 0 Å². The van der Waals surface area contributed by atoms with Gasteiger partial charge in [0.25, 0.3) is 5.91 Å². The van der Waals surface area contributed by atoms with Crippen LogP contribution in [0.2, 0.25) is 0 Å². The van der Waals surface area contributed by atoms with E-state index in [4.69, 9.17) is 4.74 Å². The highest BCUT2D eigenvalue weighted by atomic mass is 16.5. The number of carbonyl (C=O) groups excluding carboxylic acids is 2. The van der Waals surface area contributed by atoms with E-state index in [9.17, 15) is 9.59 Å². The molecule has 1 atom stereocenters. The Morgan fingerprint density at radius 1 is 1.53 bits per heavy atom. The fourth-order valence-electron chi connectivity index (χ4n) is 2.38. The summed E-state index contributed by atoms with van der Waals surface area (Å²) in [5, 5.41) is 4.09. The van der Waals surface area contributed by atoms with Gasteiger partial charge >= 0.3 is 5.97 Å². The fraction of sp³-hybridized carbons (Fsp3) is 0.615. The Morgan fingerprint density at radius 3 is 2.84 bits per heavy atom. The van der Waals surface area contributed by atoms with Crippen LogP contribution >= 0.6 is 0 Å². The number of likely N-dealkylation sites (tertiary alicyclic amines) is 1. The number of hydrogen-bond donors (Lipinski definition) is 0. The molecule has 2 rings (SSSR count). The van der Waals surface area contributed by atoms with Gasteiger partial charge in [-0.1, -0.05) is 0 Å². The van der Waals surface area contributed by atoms with E-state index in [-0.39, 0.29) is 11.9 Å². The minimum Gasteiger partial charge on any atom is -0.469 e. The standard InChI is InChI=1S/C13H19N3O3/c1-4-16-8-10(7-14-16)11(17)15-6-5-13(2,9-15)12(18)19-3/h7-8H,4-6,9H2,1-3H3. The number of carbonyl (C=O) groups is 2. The Bertz CT molecular complexity index is 497. The lowest BCUT2D eigenvalue weighted by Crippen LogP contribution is -2.35. The van der Waals surface area contributed by atoms with Gasteiger partial charge < -0.3 is 9.64 Å². The van der Waals surface area contributed by atoms with E-state index in [2.05, 4.69) is 5.10 Å². The highest BCUT2D eigenvalue weighted by Crippen LogP contribution is 2.31. The summed E-state index contributed by atoms with van der Waals surface area (Å²) in [7, 11) is 1.38. The number of nitrogens with zero attached hydrogens (tertiary/aromatic N) is 3. The SMILES string of the molecule is CCn1cc(C(=O)N2CCC(C)(C(=O)OC)C2)cn1. The minimum absolute atomic E-state index is 0.0765. The Morgan fingerprint density at radius 2 is 2.26 bits per heavy atom. The molecule has 0 spiro atoms. The fourth-order valence-corrected chi connectivity index (χ4v) is 2.38. The van der Waals surface area contributed by atoms with Gasteiger partial charge in [0.15, 0.2) is 0 Å². The lowest BCUT2D eigenvalue weighted by atomic mass is 9.90. The van der Waals surface area contributed by atoms with Crippen molar-refractivity contribution in [2.24, 2.45) is 5.41 Å². The van der Waals surface area contributed by atoms with Gasteiger partial charge in [-0.2, -0.15) is 5.10 Å². The van der Waals surface area contributed by atoms with E-state index in [0.717, 1.165) is 6.54 Å². The zero-order valence-electron chi connectivity index (χ0n) is 11.5. The third-order valence-electron chi connectivity index (χ3n) is 3.64. The van der Waals surface area contributed by atoms with Crippen LogP contribution < -0.4 is 0 Å². The van der Waals surface area contributed by atoms with Crippen molar-refractivity contribution in [1.82, 2.24) is 14.7 Å². The summed E-state index contributed by atoms with van der Waals surface area (Å²) in [5.74, 6) is -0.334. The van der Waals surface area contributed by atoms with Crippen molar-refractivity contribution in [2.45, 2.75) is 26.8 Å². The molecule has 6 nitrogen and oxygen atoms in total. The summed E-state index contributed by atoms with van der Waals surface area (Å²) >= 11 is 0. The normalized spacial score (nSPS) is 22.6. The molecule has 1 saturated heterocycles. The van der Waals surface area contributed by atoms with Crippen molar-refractivity contribution in [3.05, 3.63) is 18.0 Å². The molecule has 1 aliphatic heterocycles. The maximum absolute atomic E-state index is 12.3. The second-order valence-electron chi connectivity index (χ2n) is 5.11. The second-order valence-corrected chi connectivity index (χ2v) is 5.11. The molecule has 19 heavy (non-hydrogen) atoms. The van der Waals surface area contributed by atoms with Crippen LogP contribution in [0.1, 0.15) is 30.6 Å². The van der Waals surface area contributed by atoms with E-state index in [1.807, 2.05) is 13.8 Å². The van der Waals surface area contributed by atoms with E-state index < -0.39 is 5.41 Å². The van der Waals surface area contributed by atoms with Crippen LogP contribution in [-0.4, -0.2) is 46.8 Å². The zero-order valence-corrected chi connectivity index (χ0v) is 11.5.